The number of ether oxygens (including phenoxy) is 1. The summed E-state index contributed by atoms with van der Waals surface area (Å²) in [4.78, 5) is 24.6. The van der Waals surface area contributed by atoms with Crippen LogP contribution >= 0.6 is 11.6 Å². The average Bonchev–Trinajstić information content (AvgIpc) is 3.00. The molecule has 1 aromatic heterocycles. The maximum atomic E-state index is 13.8. The van der Waals surface area contributed by atoms with Crippen molar-refractivity contribution >= 4 is 40.1 Å². The van der Waals surface area contributed by atoms with E-state index in [4.69, 9.17) is 26.0 Å². The zero-order valence-corrected chi connectivity index (χ0v) is 15.6. The number of carbonyl (C=O) groups excluding carboxylic acids is 2. The van der Waals surface area contributed by atoms with Crippen LogP contribution in [0.25, 0.3) is 11.0 Å². The molecule has 1 heterocycles. The monoisotopic (exact) mass is 400 g/mol. The summed E-state index contributed by atoms with van der Waals surface area (Å²) in [5.74, 6) is -2.24. The minimum Gasteiger partial charge on any atom is -0.447 e. The van der Waals surface area contributed by atoms with Crippen LogP contribution in [0.3, 0.4) is 0 Å². The number of nitrogens with one attached hydrogen (secondary N) is 1. The van der Waals surface area contributed by atoms with Gasteiger partial charge in [0, 0.05) is 16.6 Å². The molecule has 0 saturated heterocycles. The molecule has 6 nitrogen and oxygen atoms in total. The van der Waals surface area contributed by atoms with E-state index in [0.717, 1.165) is 0 Å². The Balaban J connectivity index is 1.73. The molecule has 0 aliphatic heterocycles. The largest absolute Gasteiger partial charge is 0.447 e. The van der Waals surface area contributed by atoms with Gasteiger partial charge in [-0.15, -0.1) is 0 Å². The third-order valence-electron chi connectivity index (χ3n) is 4.11. The molecule has 0 unspecified atom stereocenters. The molecule has 28 heavy (non-hydrogen) atoms. The molecular formula is C20H14ClFN2O4. The Labute approximate surface area is 164 Å². The Bertz CT molecular complexity index is 1130. The highest BCUT2D eigenvalue weighted by Crippen LogP contribution is 2.28. The van der Waals surface area contributed by atoms with Gasteiger partial charge in [0.05, 0.1) is 10.6 Å². The number of halogens is 2. The van der Waals surface area contributed by atoms with Gasteiger partial charge in [-0.05, 0) is 38.1 Å². The molecule has 0 saturated carbocycles. The number of nitriles is 1. The summed E-state index contributed by atoms with van der Waals surface area (Å²) in [5, 5.41) is 12.0. The van der Waals surface area contributed by atoms with Crippen molar-refractivity contribution in [3.8, 4) is 6.07 Å². The minimum absolute atomic E-state index is 0.0451. The van der Waals surface area contributed by atoms with Gasteiger partial charge in [0.1, 0.15) is 6.07 Å². The minimum atomic E-state index is -1.15. The summed E-state index contributed by atoms with van der Waals surface area (Å²) >= 11 is 5.92. The Morgan fingerprint density at radius 1 is 1.32 bits per heavy atom. The number of amides is 1. The summed E-state index contributed by atoms with van der Waals surface area (Å²) in [7, 11) is 0. The van der Waals surface area contributed by atoms with Crippen molar-refractivity contribution in [1.29, 1.82) is 5.26 Å². The summed E-state index contributed by atoms with van der Waals surface area (Å²) < 4.78 is 24.3. The number of furan rings is 1. The molecule has 1 amide bonds. The van der Waals surface area contributed by atoms with Crippen LogP contribution < -0.4 is 5.32 Å². The highest BCUT2D eigenvalue weighted by atomic mass is 35.5. The van der Waals surface area contributed by atoms with Crippen LogP contribution in [0.4, 0.5) is 10.1 Å². The van der Waals surface area contributed by atoms with Gasteiger partial charge in [-0.25, -0.2) is 9.18 Å². The first-order valence-electron chi connectivity index (χ1n) is 8.21. The quantitative estimate of drug-likeness (QED) is 0.646. The van der Waals surface area contributed by atoms with E-state index < -0.39 is 23.8 Å². The third-order valence-corrected chi connectivity index (χ3v) is 4.42. The number of hydrogen-bond donors (Lipinski definition) is 1. The molecule has 8 heteroatoms. The number of nitrogens with zero attached hydrogens (tertiary/aromatic N) is 1. The predicted molar refractivity (Wildman–Crippen MR) is 101 cm³/mol. The molecule has 0 aliphatic carbocycles. The molecule has 3 rings (SSSR count). The van der Waals surface area contributed by atoms with E-state index in [0.29, 0.717) is 16.6 Å². The number of anilines is 1. The second kappa shape index (κ2) is 7.71. The highest BCUT2D eigenvalue weighted by Gasteiger charge is 2.25. The number of carbonyl (C=O) groups is 2. The number of benzene rings is 2. The zero-order valence-electron chi connectivity index (χ0n) is 14.9. The molecule has 0 fully saturated rings. The molecule has 1 N–H and O–H groups in total. The van der Waals surface area contributed by atoms with Gasteiger partial charge in [-0.1, -0.05) is 23.7 Å². The summed E-state index contributed by atoms with van der Waals surface area (Å²) in [6, 6.07) is 10.6. The van der Waals surface area contributed by atoms with E-state index in [1.54, 1.807) is 13.0 Å². The number of hydrogen-bond acceptors (Lipinski definition) is 5. The van der Waals surface area contributed by atoms with Crippen molar-refractivity contribution < 1.29 is 23.1 Å². The summed E-state index contributed by atoms with van der Waals surface area (Å²) in [6.07, 6.45) is -1.15. The molecule has 1 atom stereocenters. The van der Waals surface area contributed by atoms with Crippen LogP contribution in [0.5, 0.6) is 0 Å². The fourth-order valence-electron chi connectivity index (χ4n) is 2.60. The van der Waals surface area contributed by atoms with Crippen molar-refractivity contribution in [2.75, 3.05) is 5.32 Å². The van der Waals surface area contributed by atoms with Crippen LogP contribution in [0.15, 0.2) is 40.8 Å². The van der Waals surface area contributed by atoms with Gasteiger partial charge in [0.25, 0.3) is 5.91 Å². The van der Waals surface area contributed by atoms with Gasteiger partial charge in [0.15, 0.2) is 17.5 Å². The van der Waals surface area contributed by atoms with Gasteiger partial charge >= 0.3 is 5.97 Å². The van der Waals surface area contributed by atoms with Gasteiger partial charge in [0.2, 0.25) is 5.76 Å². The predicted octanol–water partition coefficient (Wildman–Crippen LogP) is 4.59. The van der Waals surface area contributed by atoms with Gasteiger partial charge in [-0.3, -0.25) is 4.79 Å². The molecule has 142 valence electrons. The Hall–Kier alpha value is -3.37. The maximum absolute atomic E-state index is 13.8. The van der Waals surface area contributed by atoms with E-state index >= 15 is 0 Å². The molecule has 0 radical (unpaired) electrons. The topological polar surface area (TPSA) is 92.3 Å². The second-order valence-corrected chi connectivity index (χ2v) is 6.42. The number of esters is 1. The summed E-state index contributed by atoms with van der Waals surface area (Å²) in [6.45, 7) is 2.99. The van der Waals surface area contributed by atoms with E-state index in [9.17, 15) is 14.0 Å². The van der Waals surface area contributed by atoms with Crippen LogP contribution in [0.1, 0.15) is 28.6 Å². The Morgan fingerprint density at radius 2 is 2.07 bits per heavy atom. The molecular weight excluding hydrogens is 387 g/mol. The lowest BCUT2D eigenvalue weighted by molar-refractivity contribution is -0.123. The average molecular weight is 401 g/mol. The van der Waals surface area contributed by atoms with Crippen molar-refractivity contribution in [3.05, 3.63) is 64.1 Å². The first kappa shape index (κ1) is 19.4. The second-order valence-electron chi connectivity index (χ2n) is 6.02. The molecule has 2 aromatic carbocycles. The molecule has 0 spiro atoms. The van der Waals surface area contributed by atoms with Crippen molar-refractivity contribution in [3.63, 3.8) is 0 Å². The fourth-order valence-corrected chi connectivity index (χ4v) is 2.82. The SMILES string of the molecule is Cc1c(C(=O)O[C@@H](C)C(=O)Nc2ccc(C#N)c(Cl)c2)oc2c(F)cccc12. The molecule has 0 bridgehead atoms. The van der Waals surface area contributed by atoms with Crippen LogP contribution in [0, 0.1) is 24.1 Å². The highest BCUT2D eigenvalue weighted by molar-refractivity contribution is 6.32. The maximum Gasteiger partial charge on any atom is 0.375 e. The van der Waals surface area contributed by atoms with Crippen molar-refractivity contribution in [1.82, 2.24) is 0 Å². The lowest BCUT2D eigenvalue weighted by atomic mass is 10.1. The van der Waals surface area contributed by atoms with E-state index in [1.165, 1.54) is 37.3 Å². The Morgan fingerprint density at radius 3 is 2.71 bits per heavy atom. The molecule has 0 aliphatic rings. The summed E-state index contributed by atoms with van der Waals surface area (Å²) in [5.41, 5.74) is 0.993. The smallest absolute Gasteiger partial charge is 0.375 e. The number of rotatable bonds is 4. The number of fused-ring (bicyclic) bond motifs is 1. The van der Waals surface area contributed by atoms with E-state index in [2.05, 4.69) is 5.32 Å². The molecule has 3 aromatic rings. The van der Waals surface area contributed by atoms with Crippen LogP contribution in [-0.4, -0.2) is 18.0 Å². The van der Waals surface area contributed by atoms with Crippen molar-refractivity contribution in [2.45, 2.75) is 20.0 Å². The van der Waals surface area contributed by atoms with E-state index in [1.807, 2.05) is 6.07 Å². The number of para-hydroxylation sites is 1. The zero-order chi connectivity index (χ0) is 20.4. The van der Waals surface area contributed by atoms with Gasteiger partial charge < -0.3 is 14.5 Å². The van der Waals surface area contributed by atoms with Crippen LogP contribution in [-0.2, 0) is 9.53 Å². The fraction of sp³-hybridized carbons (Fsp3) is 0.150. The normalized spacial score (nSPS) is 11.7. The standard InChI is InChI=1S/C20H14ClFN2O4/c1-10-14-4-3-5-16(22)18(14)28-17(10)20(26)27-11(2)19(25)24-13-7-6-12(9-23)15(21)8-13/h3-8,11H,1-2H3,(H,24,25)/t11-/m0/s1. The van der Waals surface area contributed by atoms with E-state index in [-0.39, 0.29) is 21.9 Å². The lowest BCUT2D eigenvalue weighted by Crippen LogP contribution is -2.30. The van der Waals surface area contributed by atoms with Crippen molar-refractivity contribution in [2.24, 2.45) is 0 Å². The first-order chi connectivity index (χ1) is 13.3. The van der Waals surface area contributed by atoms with Gasteiger partial charge in [-0.2, -0.15) is 5.26 Å². The lowest BCUT2D eigenvalue weighted by Gasteiger charge is -2.13. The Kier molecular flexibility index (Phi) is 5.34. The van der Waals surface area contributed by atoms with Crippen LogP contribution in [0.2, 0.25) is 5.02 Å². The third kappa shape index (κ3) is 3.68. The first-order valence-corrected chi connectivity index (χ1v) is 8.58. The number of aryl methyl sites for hydroxylation is 1.